The van der Waals surface area contributed by atoms with Crippen molar-refractivity contribution in [2.45, 2.75) is 13.8 Å². The van der Waals surface area contributed by atoms with Gasteiger partial charge in [-0.2, -0.15) is 8.75 Å². The number of carbonyl (C=O) groups excluding carboxylic acids is 1. The maximum absolute atomic E-state index is 12.7. The highest BCUT2D eigenvalue weighted by Gasteiger charge is 2.23. The standard InChI is InChI=1S/C20H24N6OS/c1-14-4-5-16(12-15(14)2)24(3)18(27)13-25-8-10-26(11-9-25)17-6-7-21-20-19(17)22-28-23-20/h4-7,12H,8-11,13H2,1-3H3. The van der Waals surface area contributed by atoms with E-state index < -0.39 is 0 Å². The van der Waals surface area contributed by atoms with Crippen molar-refractivity contribution in [1.82, 2.24) is 18.6 Å². The largest absolute Gasteiger partial charge is 0.367 e. The Morgan fingerprint density at radius 3 is 2.64 bits per heavy atom. The van der Waals surface area contributed by atoms with Crippen molar-refractivity contribution in [3.8, 4) is 0 Å². The number of nitrogens with zero attached hydrogens (tertiary/aromatic N) is 6. The minimum Gasteiger partial charge on any atom is -0.367 e. The van der Waals surface area contributed by atoms with Gasteiger partial charge in [0.05, 0.1) is 24.0 Å². The summed E-state index contributed by atoms with van der Waals surface area (Å²) < 4.78 is 8.60. The average Bonchev–Trinajstić information content (AvgIpc) is 3.19. The van der Waals surface area contributed by atoms with E-state index in [0.717, 1.165) is 43.1 Å². The third-order valence-electron chi connectivity index (χ3n) is 5.47. The van der Waals surface area contributed by atoms with Gasteiger partial charge in [-0.15, -0.1) is 0 Å². The van der Waals surface area contributed by atoms with Crippen molar-refractivity contribution in [3.63, 3.8) is 0 Å². The smallest absolute Gasteiger partial charge is 0.240 e. The minimum atomic E-state index is 0.117. The molecule has 0 aliphatic carbocycles. The molecule has 0 bridgehead atoms. The molecule has 4 rings (SSSR count). The Hall–Kier alpha value is -2.58. The summed E-state index contributed by atoms with van der Waals surface area (Å²) in [5.74, 6) is 0.117. The fourth-order valence-corrected chi connectivity index (χ4v) is 3.97. The number of pyridine rings is 1. The van der Waals surface area contributed by atoms with Gasteiger partial charge in [0.25, 0.3) is 0 Å². The van der Waals surface area contributed by atoms with Crippen LogP contribution in [-0.4, -0.2) is 64.3 Å². The summed E-state index contributed by atoms with van der Waals surface area (Å²) in [4.78, 5) is 23.3. The lowest BCUT2D eigenvalue weighted by molar-refractivity contribution is -0.119. The monoisotopic (exact) mass is 396 g/mol. The van der Waals surface area contributed by atoms with Gasteiger partial charge in [0.15, 0.2) is 5.65 Å². The number of aromatic nitrogens is 3. The maximum atomic E-state index is 12.7. The molecule has 0 saturated carbocycles. The molecule has 0 unspecified atom stereocenters. The summed E-state index contributed by atoms with van der Waals surface area (Å²) >= 11 is 1.19. The van der Waals surface area contributed by atoms with E-state index in [2.05, 4.69) is 49.5 Å². The van der Waals surface area contributed by atoms with Crippen molar-refractivity contribution >= 4 is 40.2 Å². The summed E-state index contributed by atoms with van der Waals surface area (Å²) in [7, 11) is 1.85. The molecule has 3 aromatic rings. The van der Waals surface area contributed by atoms with Crippen molar-refractivity contribution in [2.24, 2.45) is 0 Å². The molecule has 1 amide bonds. The summed E-state index contributed by atoms with van der Waals surface area (Å²) in [6.07, 6.45) is 1.79. The van der Waals surface area contributed by atoms with Crippen LogP contribution in [0, 0.1) is 13.8 Å². The number of likely N-dealkylation sites (N-methyl/N-ethyl adjacent to an activating group) is 1. The van der Waals surface area contributed by atoms with E-state index in [1.54, 1.807) is 11.1 Å². The van der Waals surface area contributed by atoms with Gasteiger partial charge in [0.1, 0.15) is 5.52 Å². The van der Waals surface area contributed by atoms with Crippen LogP contribution in [0.1, 0.15) is 11.1 Å². The second-order valence-electron chi connectivity index (χ2n) is 7.25. The zero-order chi connectivity index (χ0) is 19.7. The number of benzene rings is 1. The second-order valence-corrected chi connectivity index (χ2v) is 7.78. The van der Waals surface area contributed by atoms with E-state index in [-0.39, 0.29) is 5.91 Å². The van der Waals surface area contributed by atoms with Crippen LogP contribution < -0.4 is 9.80 Å². The van der Waals surface area contributed by atoms with Crippen LogP contribution in [-0.2, 0) is 4.79 Å². The fourth-order valence-electron chi connectivity index (χ4n) is 3.47. The Morgan fingerprint density at radius 2 is 1.89 bits per heavy atom. The molecule has 1 saturated heterocycles. The number of carbonyl (C=O) groups is 1. The Labute approximate surface area is 168 Å². The topological polar surface area (TPSA) is 65.5 Å². The molecular weight excluding hydrogens is 372 g/mol. The van der Waals surface area contributed by atoms with Gasteiger partial charge < -0.3 is 9.80 Å². The molecular formula is C20H24N6OS. The van der Waals surface area contributed by atoms with E-state index in [9.17, 15) is 4.79 Å². The van der Waals surface area contributed by atoms with Crippen LogP contribution >= 0.6 is 11.7 Å². The molecule has 0 spiro atoms. The van der Waals surface area contributed by atoms with Gasteiger partial charge in [0, 0.05) is 45.1 Å². The SMILES string of the molecule is Cc1ccc(N(C)C(=O)CN2CCN(c3ccnc4nsnc34)CC2)cc1C. The number of hydrogen-bond donors (Lipinski definition) is 0. The van der Waals surface area contributed by atoms with Crippen LogP contribution in [0.4, 0.5) is 11.4 Å². The first-order chi connectivity index (χ1) is 13.5. The normalized spacial score (nSPS) is 15.2. The number of aryl methyl sites for hydroxylation is 2. The third-order valence-corrected chi connectivity index (χ3v) is 5.99. The summed E-state index contributed by atoms with van der Waals surface area (Å²) in [5.41, 5.74) is 6.03. The fraction of sp³-hybridized carbons (Fsp3) is 0.400. The molecule has 1 aromatic carbocycles. The number of hydrogen-bond acceptors (Lipinski definition) is 7. The summed E-state index contributed by atoms with van der Waals surface area (Å²) in [6, 6.07) is 8.14. The molecule has 0 radical (unpaired) electrons. The first-order valence-electron chi connectivity index (χ1n) is 9.41. The molecule has 28 heavy (non-hydrogen) atoms. The molecule has 146 valence electrons. The molecule has 1 aliphatic rings. The summed E-state index contributed by atoms with van der Waals surface area (Å²) in [5, 5.41) is 0. The van der Waals surface area contributed by atoms with Gasteiger partial charge in [-0.05, 0) is 43.2 Å². The lowest BCUT2D eigenvalue weighted by Gasteiger charge is -2.36. The zero-order valence-corrected chi connectivity index (χ0v) is 17.2. The highest BCUT2D eigenvalue weighted by molar-refractivity contribution is 7.00. The molecule has 1 aliphatic heterocycles. The Bertz CT molecular complexity index is 995. The van der Waals surface area contributed by atoms with Crippen molar-refractivity contribution in [3.05, 3.63) is 41.6 Å². The molecule has 7 nitrogen and oxygen atoms in total. The van der Waals surface area contributed by atoms with Gasteiger partial charge in [-0.3, -0.25) is 9.69 Å². The average molecular weight is 397 g/mol. The van der Waals surface area contributed by atoms with E-state index >= 15 is 0 Å². The quantitative estimate of drug-likeness (QED) is 0.675. The van der Waals surface area contributed by atoms with Crippen LogP contribution in [0.3, 0.4) is 0 Å². The first kappa shape index (κ1) is 18.8. The van der Waals surface area contributed by atoms with Crippen LogP contribution in [0.2, 0.25) is 0 Å². The predicted molar refractivity (Wildman–Crippen MR) is 113 cm³/mol. The van der Waals surface area contributed by atoms with E-state index in [0.29, 0.717) is 12.2 Å². The predicted octanol–water partition coefficient (Wildman–Crippen LogP) is 2.49. The molecule has 2 aromatic heterocycles. The lowest BCUT2D eigenvalue weighted by atomic mass is 10.1. The van der Waals surface area contributed by atoms with Gasteiger partial charge >= 0.3 is 0 Å². The number of rotatable bonds is 4. The molecule has 1 fully saturated rings. The number of fused-ring (bicyclic) bond motifs is 1. The third kappa shape index (κ3) is 3.70. The van der Waals surface area contributed by atoms with Gasteiger partial charge in [-0.1, -0.05) is 6.07 Å². The first-order valence-corrected chi connectivity index (χ1v) is 10.1. The minimum absolute atomic E-state index is 0.117. The zero-order valence-electron chi connectivity index (χ0n) is 16.4. The van der Waals surface area contributed by atoms with Gasteiger partial charge in [-0.25, -0.2) is 4.98 Å². The highest BCUT2D eigenvalue weighted by atomic mass is 32.1. The number of anilines is 2. The Morgan fingerprint density at radius 1 is 1.11 bits per heavy atom. The molecule has 8 heteroatoms. The molecule has 0 N–H and O–H groups in total. The Kier molecular flexibility index (Phi) is 5.23. The van der Waals surface area contributed by atoms with Crippen molar-refractivity contribution in [1.29, 1.82) is 0 Å². The van der Waals surface area contributed by atoms with Crippen molar-refractivity contribution < 1.29 is 4.79 Å². The number of piperazine rings is 1. The highest BCUT2D eigenvalue weighted by Crippen LogP contribution is 2.24. The van der Waals surface area contributed by atoms with Crippen LogP contribution in [0.5, 0.6) is 0 Å². The Balaban J connectivity index is 1.37. The van der Waals surface area contributed by atoms with Crippen LogP contribution in [0.15, 0.2) is 30.5 Å². The maximum Gasteiger partial charge on any atom is 0.240 e. The van der Waals surface area contributed by atoms with Crippen LogP contribution in [0.25, 0.3) is 11.2 Å². The molecule has 3 heterocycles. The van der Waals surface area contributed by atoms with Crippen molar-refractivity contribution in [2.75, 3.05) is 49.6 Å². The lowest BCUT2D eigenvalue weighted by Crippen LogP contribution is -2.49. The van der Waals surface area contributed by atoms with E-state index in [4.69, 9.17) is 0 Å². The van der Waals surface area contributed by atoms with E-state index in [1.165, 1.54) is 22.9 Å². The second kappa shape index (κ2) is 7.81. The van der Waals surface area contributed by atoms with E-state index in [1.807, 2.05) is 19.2 Å². The van der Waals surface area contributed by atoms with Gasteiger partial charge in [0.2, 0.25) is 5.91 Å². The molecule has 0 atom stereocenters. The summed E-state index contributed by atoms with van der Waals surface area (Å²) in [6.45, 7) is 7.99. The number of amides is 1.